The first-order valence-electron chi connectivity index (χ1n) is 14.5. The summed E-state index contributed by atoms with van der Waals surface area (Å²) in [5.41, 5.74) is 2.97. The van der Waals surface area contributed by atoms with E-state index in [1.807, 2.05) is 62.5 Å². The lowest BCUT2D eigenvalue weighted by atomic mass is 9.92. The largest absolute Gasteiger partial charge is 0.464 e. The molecule has 4 rings (SSSR count). The molecule has 0 bridgehead atoms. The van der Waals surface area contributed by atoms with Crippen LogP contribution in [-0.4, -0.2) is 58.1 Å². The molecule has 0 radical (unpaired) electrons. The van der Waals surface area contributed by atoms with Crippen molar-refractivity contribution in [3.63, 3.8) is 0 Å². The number of aromatic nitrogens is 3. The zero-order valence-corrected chi connectivity index (χ0v) is 27.2. The summed E-state index contributed by atoms with van der Waals surface area (Å²) in [4.78, 5) is 20.5. The van der Waals surface area contributed by atoms with Gasteiger partial charge in [-0.15, -0.1) is 6.58 Å². The third kappa shape index (κ3) is 7.78. The van der Waals surface area contributed by atoms with Gasteiger partial charge in [-0.05, 0) is 66.0 Å². The Morgan fingerprint density at radius 3 is 2.57 bits per heavy atom. The minimum atomic E-state index is -0.971. The number of aryl methyl sites for hydroxylation is 1. The number of nitrogens with zero attached hydrogens (tertiary/aromatic N) is 4. The molecule has 10 heteroatoms. The second kappa shape index (κ2) is 13.7. The fourth-order valence-electron chi connectivity index (χ4n) is 5.12. The Morgan fingerprint density at radius 1 is 1.21 bits per heavy atom. The maximum absolute atomic E-state index is 13.4. The van der Waals surface area contributed by atoms with Crippen molar-refractivity contribution in [3.05, 3.63) is 70.0 Å². The summed E-state index contributed by atoms with van der Waals surface area (Å²) in [6, 6.07) is 9.92. The number of benzene rings is 1. The molecule has 0 N–H and O–H groups in total. The van der Waals surface area contributed by atoms with Gasteiger partial charge in [0.15, 0.2) is 11.8 Å². The Hall–Kier alpha value is -2.79. The normalized spacial score (nSPS) is 16.0. The Kier molecular flexibility index (Phi) is 10.5. The van der Waals surface area contributed by atoms with Crippen LogP contribution < -0.4 is 4.90 Å². The predicted octanol–water partition coefficient (Wildman–Crippen LogP) is 6.50. The average Bonchev–Trinajstić information content (AvgIpc) is 3.33. The van der Waals surface area contributed by atoms with Gasteiger partial charge in [-0.25, -0.2) is 9.78 Å². The highest BCUT2D eigenvalue weighted by atomic mass is 79.9. The molecule has 0 amide bonds. The molecule has 0 aliphatic carbocycles. The molecule has 1 aromatic carbocycles. The molecule has 9 nitrogen and oxygen atoms in total. The molecular formula is C32H43BrN4O5. The van der Waals surface area contributed by atoms with E-state index in [-0.39, 0.29) is 12.2 Å². The van der Waals surface area contributed by atoms with Crippen molar-refractivity contribution in [2.45, 2.75) is 84.9 Å². The number of hydrogen-bond acceptors (Lipinski definition) is 8. The zero-order chi connectivity index (χ0) is 30.5. The van der Waals surface area contributed by atoms with Gasteiger partial charge in [0.1, 0.15) is 5.82 Å². The number of carbonyl (C=O) groups excluding carboxylic acids is 1. The van der Waals surface area contributed by atoms with E-state index in [0.717, 1.165) is 34.4 Å². The van der Waals surface area contributed by atoms with Crippen molar-refractivity contribution < 1.29 is 23.7 Å². The predicted molar refractivity (Wildman–Crippen MR) is 167 cm³/mol. The quantitative estimate of drug-likeness (QED) is 0.163. The first kappa shape index (κ1) is 32.1. The van der Waals surface area contributed by atoms with Crippen molar-refractivity contribution in [1.82, 2.24) is 14.6 Å². The summed E-state index contributed by atoms with van der Waals surface area (Å²) in [7, 11) is 0. The van der Waals surface area contributed by atoms with Gasteiger partial charge < -0.3 is 23.8 Å². The van der Waals surface area contributed by atoms with Crippen LogP contribution in [0.4, 0.5) is 5.82 Å². The second-order valence-electron chi connectivity index (χ2n) is 11.8. The summed E-state index contributed by atoms with van der Waals surface area (Å²) in [6.45, 7) is 18.3. The molecule has 1 fully saturated rings. The van der Waals surface area contributed by atoms with Gasteiger partial charge in [0, 0.05) is 29.3 Å². The minimum Gasteiger partial charge on any atom is -0.464 e. The van der Waals surface area contributed by atoms with E-state index >= 15 is 0 Å². The number of halogens is 1. The van der Waals surface area contributed by atoms with Crippen LogP contribution in [0.15, 0.2) is 47.5 Å². The molecule has 3 heterocycles. The van der Waals surface area contributed by atoms with E-state index in [9.17, 15) is 4.79 Å². The molecule has 0 spiro atoms. The number of carbonyl (C=O) groups is 1. The maximum atomic E-state index is 13.4. The lowest BCUT2D eigenvalue weighted by Crippen LogP contribution is -2.45. The SMILES string of the molecule is C=CCOC1(C)CCN(c2c(C(OC(C)(C)C)C(=O)OCC)c(C)nc3cc(COCc4ccccc4Br)nn23)CC1. The smallest absolute Gasteiger partial charge is 0.340 e. The van der Waals surface area contributed by atoms with Crippen LogP contribution in [0.5, 0.6) is 0 Å². The average molecular weight is 644 g/mol. The first-order valence-corrected chi connectivity index (χ1v) is 15.3. The van der Waals surface area contributed by atoms with E-state index in [0.29, 0.717) is 49.8 Å². The van der Waals surface area contributed by atoms with E-state index in [1.165, 1.54) is 0 Å². The summed E-state index contributed by atoms with van der Waals surface area (Å²) < 4.78 is 26.9. The monoisotopic (exact) mass is 642 g/mol. The number of hydrogen-bond donors (Lipinski definition) is 0. The second-order valence-corrected chi connectivity index (χ2v) is 12.7. The Balaban J connectivity index is 1.74. The molecule has 0 saturated carbocycles. The van der Waals surface area contributed by atoms with Crippen LogP contribution in [-0.2, 0) is 37.0 Å². The molecular weight excluding hydrogens is 600 g/mol. The lowest BCUT2D eigenvalue weighted by molar-refractivity contribution is -0.166. The highest BCUT2D eigenvalue weighted by Gasteiger charge is 2.38. The van der Waals surface area contributed by atoms with E-state index in [4.69, 9.17) is 29.0 Å². The summed E-state index contributed by atoms with van der Waals surface area (Å²) in [5.74, 6) is 0.334. The van der Waals surface area contributed by atoms with E-state index in [1.54, 1.807) is 13.0 Å². The molecule has 1 aliphatic rings. The van der Waals surface area contributed by atoms with E-state index in [2.05, 4.69) is 34.3 Å². The van der Waals surface area contributed by atoms with Crippen LogP contribution in [0.1, 0.15) is 76.1 Å². The molecule has 1 saturated heterocycles. The van der Waals surface area contributed by atoms with E-state index < -0.39 is 17.7 Å². The summed E-state index contributed by atoms with van der Waals surface area (Å²) in [6.07, 6.45) is 2.41. The van der Waals surface area contributed by atoms with Crippen molar-refractivity contribution >= 4 is 33.4 Å². The van der Waals surface area contributed by atoms with Crippen molar-refractivity contribution in [2.24, 2.45) is 0 Å². The zero-order valence-electron chi connectivity index (χ0n) is 25.6. The molecule has 1 unspecified atom stereocenters. The van der Waals surface area contributed by atoms with Gasteiger partial charge in [-0.3, -0.25) is 0 Å². The van der Waals surface area contributed by atoms with Gasteiger partial charge in [0.05, 0.1) is 48.9 Å². The third-order valence-corrected chi connectivity index (χ3v) is 8.00. The molecule has 2 aromatic heterocycles. The Labute approximate surface area is 257 Å². The number of fused-ring (bicyclic) bond motifs is 1. The van der Waals surface area contributed by atoms with Crippen LogP contribution in [0.25, 0.3) is 5.65 Å². The van der Waals surface area contributed by atoms with Crippen LogP contribution in [0.3, 0.4) is 0 Å². The molecule has 3 aromatic rings. The van der Waals surface area contributed by atoms with Crippen molar-refractivity contribution in [2.75, 3.05) is 31.2 Å². The standard InChI is InChI=1S/C32H43BrN4O5/c1-8-18-41-32(7)14-16-36(17-15-32)29-27(28(30(38)40-9-2)42-31(4,5)6)22(3)34-26-19-24(35-37(26)29)21-39-20-23-12-10-11-13-25(23)33/h8,10-13,19,28H,1,9,14-18,20-21H2,2-7H3. The lowest BCUT2D eigenvalue weighted by Gasteiger charge is -2.41. The molecule has 1 atom stereocenters. The first-order chi connectivity index (χ1) is 19.9. The third-order valence-electron chi connectivity index (χ3n) is 7.22. The Bertz CT molecular complexity index is 1390. The molecule has 1 aliphatic heterocycles. The number of ether oxygens (including phenoxy) is 4. The summed E-state index contributed by atoms with van der Waals surface area (Å²) in [5, 5.41) is 4.94. The number of esters is 1. The highest BCUT2D eigenvalue weighted by molar-refractivity contribution is 9.10. The summed E-state index contributed by atoms with van der Waals surface area (Å²) >= 11 is 3.58. The highest BCUT2D eigenvalue weighted by Crippen LogP contribution is 2.38. The van der Waals surface area contributed by atoms with Crippen LogP contribution >= 0.6 is 15.9 Å². The fraction of sp³-hybridized carbons (Fsp3) is 0.531. The van der Waals surface area contributed by atoms with Gasteiger partial charge in [0.25, 0.3) is 0 Å². The minimum absolute atomic E-state index is 0.246. The van der Waals surface area contributed by atoms with Crippen molar-refractivity contribution in [1.29, 1.82) is 0 Å². The number of piperidine rings is 1. The van der Waals surface area contributed by atoms with Gasteiger partial charge in [-0.1, -0.05) is 40.2 Å². The number of anilines is 1. The Morgan fingerprint density at radius 2 is 1.93 bits per heavy atom. The molecule has 228 valence electrons. The molecule has 42 heavy (non-hydrogen) atoms. The number of rotatable bonds is 12. The fourth-order valence-corrected chi connectivity index (χ4v) is 5.52. The van der Waals surface area contributed by atoms with Gasteiger partial charge in [-0.2, -0.15) is 9.61 Å². The maximum Gasteiger partial charge on any atom is 0.340 e. The topological polar surface area (TPSA) is 87.4 Å². The van der Waals surface area contributed by atoms with Crippen molar-refractivity contribution in [3.8, 4) is 0 Å². The van der Waals surface area contributed by atoms with Crippen LogP contribution in [0.2, 0.25) is 0 Å². The van der Waals surface area contributed by atoms with Gasteiger partial charge >= 0.3 is 5.97 Å². The van der Waals surface area contributed by atoms with Gasteiger partial charge in [0.2, 0.25) is 0 Å². The van der Waals surface area contributed by atoms with Crippen LogP contribution in [0, 0.1) is 6.92 Å².